The predicted molar refractivity (Wildman–Crippen MR) is 103 cm³/mol. The zero-order valence-corrected chi connectivity index (χ0v) is 16.4. The van der Waals surface area contributed by atoms with Gasteiger partial charge in [0.05, 0.1) is 10.7 Å². The second kappa shape index (κ2) is 7.26. The Balaban J connectivity index is 1.91. The van der Waals surface area contributed by atoms with Crippen LogP contribution in [0.25, 0.3) is 11.3 Å². The third-order valence-corrected chi connectivity index (χ3v) is 6.42. The van der Waals surface area contributed by atoms with Gasteiger partial charge >= 0.3 is 0 Å². The van der Waals surface area contributed by atoms with Crippen molar-refractivity contribution < 1.29 is 16.8 Å². The highest BCUT2D eigenvalue weighted by atomic mass is 35.5. The molecule has 0 atom stereocenters. The van der Waals surface area contributed by atoms with Gasteiger partial charge in [0, 0.05) is 17.5 Å². The molecule has 140 valence electrons. The normalized spacial score (nSPS) is 11.9. The van der Waals surface area contributed by atoms with Crippen LogP contribution in [-0.4, -0.2) is 33.3 Å². The van der Waals surface area contributed by atoms with Crippen molar-refractivity contribution in [2.75, 3.05) is 11.0 Å². The lowest BCUT2D eigenvalue weighted by Gasteiger charge is -2.10. The first kappa shape index (κ1) is 19.3. The summed E-state index contributed by atoms with van der Waals surface area (Å²) < 4.78 is 50.5. The van der Waals surface area contributed by atoms with Crippen LogP contribution in [0.2, 0.25) is 5.02 Å². The van der Waals surface area contributed by atoms with Crippen molar-refractivity contribution in [3.8, 4) is 11.3 Å². The van der Waals surface area contributed by atoms with E-state index >= 15 is 0 Å². The van der Waals surface area contributed by atoms with Crippen molar-refractivity contribution in [1.29, 1.82) is 0 Å². The molecule has 0 aliphatic heterocycles. The molecule has 0 amide bonds. The third-order valence-electron chi connectivity index (χ3n) is 3.56. The van der Waals surface area contributed by atoms with Gasteiger partial charge in [-0.05, 0) is 36.4 Å². The van der Waals surface area contributed by atoms with Crippen LogP contribution in [0.5, 0.6) is 0 Å². The Kier molecular flexibility index (Phi) is 5.18. The van der Waals surface area contributed by atoms with Crippen molar-refractivity contribution in [2.45, 2.75) is 9.92 Å². The van der Waals surface area contributed by atoms with Crippen LogP contribution in [0.4, 0.5) is 5.69 Å². The lowest BCUT2D eigenvalue weighted by atomic mass is 10.1. The van der Waals surface area contributed by atoms with E-state index in [2.05, 4.69) is 14.9 Å². The number of halogens is 1. The van der Waals surface area contributed by atoms with Crippen molar-refractivity contribution in [1.82, 2.24) is 10.2 Å². The highest BCUT2D eigenvalue weighted by Gasteiger charge is 2.18. The zero-order chi connectivity index (χ0) is 19.7. The van der Waals surface area contributed by atoms with Crippen LogP contribution in [0.1, 0.15) is 0 Å². The van der Waals surface area contributed by atoms with Gasteiger partial charge in [0.15, 0.2) is 14.9 Å². The molecule has 0 saturated heterocycles. The fourth-order valence-electron chi connectivity index (χ4n) is 2.29. The minimum absolute atomic E-state index is 0.0330. The molecule has 1 N–H and O–H groups in total. The van der Waals surface area contributed by atoms with Crippen LogP contribution >= 0.6 is 11.6 Å². The number of sulfone groups is 1. The summed E-state index contributed by atoms with van der Waals surface area (Å²) in [5.74, 6) is 0. The van der Waals surface area contributed by atoms with E-state index in [-0.39, 0.29) is 14.9 Å². The Hall–Kier alpha value is -2.49. The van der Waals surface area contributed by atoms with E-state index in [0.29, 0.717) is 16.9 Å². The fourth-order valence-corrected chi connectivity index (χ4v) is 4.36. The standard InChI is InChI=1S/C17H14ClN3O4S2/c1-26(22,23)17-10-9-15(19-20-17)12-5-4-6-13(11-12)21-27(24,25)16-8-3-2-7-14(16)18/h2-11,21H,1H3. The lowest BCUT2D eigenvalue weighted by molar-refractivity contribution is 0.595. The summed E-state index contributed by atoms with van der Waals surface area (Å²) in [6.07, 6.45) is 1.04. The SMILES string of the molecule is CS(=O)(=O)c1ccc(-c2cccc(NS(=O)(=O)c3ccccc3Cl)c2)nn1. The minimum Gasteiger partial charge on any atom is -0.280 e. The summed E-state index contributed by atoms with van der Waals surface area (Å²) in [6, 6.07) is 15.5. The summed E-state index contributed by atoms with van der Waals surface area (Å²) in [4.78, 5) is -0.0330. The number of hydrogen-bond donors (Lipinski definition) is 1. The molecule has 2 aromatic carbocycles. The Labute approximate surface area is 162 Å². The number of nitrogens with zero attached hydrogens (tertiary/aromatic N) is 2. The van der Waals surface area contributed by atoms with Gasteiger partial charge in [-0.3, -0.25) is 4.72 Å². The van der Waals surface area contributed by atoms with Gasteiger partial charge in [0.2, 0.25) is 0 Å². The molecule has 1 aromatic heterocycles. The molecule has 0 spiro atoms. The van der Waals surface area contributed by atoms with Gasteiger partial charge in [-0.25, -0.2) is 16.8 Å². The first-order valence-corrected chi connectivity index (χ1v) is 11.3. The van der Waals surface area contributed by atoms with Gasteiger partial charge in [0.1, 0.15) is 4.90 Å². The monoisotopic (exact) mass is 423 g/mol. The number of aromatic nitrogens is 2. The van der Waals surface area contributed by atoms with Crippen LogP contribution in [0.15, 0.2) is 70.6 Å². The first-order chi connectivity index (χ1) is 12.7. The van der Waals surface area contributed by atoms with Gasteiger partial charge in [-0.1, -0.05) is 35.9 Å². The molecule has 0 aliphatic carbocycles. The Morgan fingerprint density at radius 3 is 2.26 bits per heavy atom. The van der Waals surface area contributed by atoms with Crippen LogP contribution in [0, 0.1) is 0 Å². The summed E-state index contributed by atoms with van der Waals surface area (Å²) in [6.45, 7) is 0. The Morgan fingerprint density at radius 1 is 0.889 bits per heavy atom. The van der Waals surface area contributed by atoms with E-state index < -0.39 is 19.9 Å². The van der Waals surface area contributed by atoms with Crippen molar-refractivity contribution in [2.24, 2.45) is 0 Å². The lowest BCUT2D eigenvalue weighted by Crippen LogP contribution is -2.13. The number of nitrogens with one attached hydrogen (secondary N) is 1. The Morgan fingerprint density at radius 2 is 1.63 bits per heavy atom. The number of benzene rings is 2. The quantitative estimate of drug-likeness (QED) is 0.676. The average molecular weight is 424 g/mol. The summed E-state index contributed by atoms with van der Waals surface area (Å²) in [5, 5.41) is 7.57. The largest absolute Gasteiger partial charge is 0.280 e. The first-order valence-electron chi connectivity index (χ1n) is 7.58. The van der Waals surface area contributed by atoms with Crippen LogP contribution in [0.3, 0.4) is 0 Å². The summed E-state index contributed by atoms with van der Waals surface area (Å²) in [5.41, 5.74) is 1.28. The topological polar surface area (TPSA) is 106 Å². The van der Waals surface area contributed by atoms with Crippen LogP contribution in [-0.2, 0) is 19.9 Å². The van der Waals surface area contributed by atoms with Gasteiger partial charge < -0.3 is 0 Å². The molecule has 27 heavy (non-hydrogen) atoms. The minimum atomic E-state index is -3.87. The summed E-state index contributed by atoms with van der Waals surface area (Å²) >= 11 is 5.97. The maximum absolute atomic E-state index is 12.5. The molecule has 0 radical (unpaired) electrons. The van der Waals surface area contributed by atoms with Gasteiger partial charge in [-0.2, -0.15) is 0 Å². The molecular formula is C17H14ClN3O4S2. The molecule has 0 bridgehead atoms. The molecule has 1 heterocycles. The fraction of sp³-hybridized carbons (Fsp3) is 0.0588. The molecule has 0 saturated carbocycles. The molecule has 3 aromatic rings. The van der Waals surface area contributed by atoms with Gasteiger partial charge in [0.25, 0.3) is 10.0 Å². The smallest absolute Gasteiger partial charge is 0.263 e. The summed E-state index contributed by atoms with van der Waals surface area (Å²) in [7, 11) is -7.31. The van der Waals surface area contributed by atoms with Crippen molar-refractivity contribution in [3.05, 3.63) is 65.7 Å². The molecular weight excluding hydrogens is 410 g/mol. The number of rotatable bonds is 5. The second-order valence-corrected chi connectivity index (χ2v) is 9.67. The number of hydrogen-bond acceptors (Lipinski definition) is 6. The van der Waals surface area contributed by atoms with E-state index in [9.17, 15) is 16.8 Å². The van der Waals surface area contributed by atoms with E-state index in [0.717, 1.165) is 6.26 Å². The maximum Gasteiger partial charge on any atom is 0.263 e. The van der Waals surface area contributed by atoms with Crippen molar-refractivity contribution in [3.63, 3.8) is 0 Å². The third kappa shape index (κ3) is 4.44. The number of anilines is 1. The zero-order valence-electron chi connectivity index (χ0n) is 14.0. The number of sulfonamides is 1. The van der Waals surface area contributed by atoms with Crippen LogP contribution < -0.4 is 4.72 Å². The molecule has 10 heteroatoms. The predicted octanol–water partition coefficient (Wildman–Crippen LogP) is 3.00. The molecule has 3 rings (SSSR count). The molecule has 0 aliphatic rings. The van der Waals surface area contributed by atoms with Crippen molar-refractivity contribution >= 4 is 37.1 Å². The maximum atomic E-state index is 12.5. The van der Waals surface area contributed by atoms with E-state index in [4.69, 9.17) is 11.6 Å². The average Bonchev–Trinajstić information content (AvgIpc) is 2.61. The highest BCUT2D eigenvalue weighted by molar-refractivity contribution is 7.92. The molecule has 7 nitrogen and oxygen atoms in total. The van der Waals surface area contributed by atoms with E-state index in [1.807, 2.05) is 0 Å². The van der Waals surface area contributed by atoms with E-state index in [1.165, 1.54) is 24.3 Å². The van der Waals surface area contributed by atoms with Gasteiger partial charge in [-0.15, -0.1) is 10.2 Å². The molecule has 0 fully saturated rings. The van der Waals surface area contributed by atoms with E-state index in [1.54, 1.807) is 36.4 Å². The highest BCUT2D eigenvalue weighted by Crippen LogP contribution is 2.26. The Bertz CT molecular complexity index is 1190. The second-order valence-electron chi connectivity index (χ2n) is 5.65. The molecule has 0 unspecified atom stereocenters.